The summed E-state index contributed by atoms with van der Waals surface area (Å²) in [5.41, 5.74) is 3.47. The molecule has 0 aliphatic rings. The van der Waals surface area contributed by atoms with Crippen molar-refractivity contribution in [3.63, 3.8) is 0 Å². The number of imidazole rings is 1. The number of amides is 1. The lowest BCUT2D eigenvalue weighted by atomic mass is 10.1. The van der Waals surface area contributed by atoms with Gasteiger partial charge < -0.3 is 10.1 Å². The van der Waals surface area contributed by atoms with Crippen LogP contribution in [0.1, 0.15) is 5.56 Å². The number of aryl methyl sites for hydroxylation is 1. The van der Waals surface area contributed by atoms with Crippen LogP contribution < -0.4 is 10.1 Å². The lowest BCUT2D eigenvalue weighted by molar-refractivity contribution is -0.118. The van der Waals surface area contributed by atoms with E-state index in [1.165, 1.54) is 0 Å². The maximum absolute atomic E-state index is 12.2. The Balaban J connectivity index is 1.45. The van der Waals surface area contributed by atoms with Gasteiger partial charge in [0.25, 0.3) is 5.91 Å². The van der Waals surface area contributed by atoms with Crippen LogP contribution in [-0.4, -0.2) is 26.9 Å². The van der Waals surface area contributed by atoms with Gasteiger partial charge in [-0.2, -0.15) is 0 Å². The number of anilines is 1. The molecule has 2 aromatic carbocycles. The molecule has 2 heterocycles. The van der Waals surface area contributed by atoms with Crippen molar-refractivity contribution in [1.82, 2.24) is 14.4 Å². The SMILES string of the molecule is Cc1cccc(OCC(=O)Nc2cccc(-c3cn4cccnc4n3)c2)c1. The Morgan fingerprint density at radius 3 is 2.89 bits per heavy atom. The summed E-state index contributed by atoms with van der Waals surface area (Å²) >= 11 is 0. The molecule has 0 atom stereocenters. The Hall–Kier alpha value is -3.67. The first-order chi connectivity index (χ1) is 13.2. The van der Waals surface area contributed by atoms with Crippen molar-refractivity contribution >= 4 is 17.4 Å². The number of carbonyl (C=O) groups is 1. The molecule has 6 nitrogen and oxygen atoms in total. The third-order valence-corrected chi connectivity index (χ3v) is 4.04. The van der Waals surface area contributed by atoms with E-state index in [4.69, 9.17) is 4.74 Å². The van der Waals surface area contributed by atoms with E-state index in [0.29, 0.717) is 17.2 Å². The molecule has 0 saturated carbocycles. The standard InChI is InChI=1S/C21H18N4O2/c1-15-5-2-8-18(11-15)27-14-20(26)23-17-7-3-6-16(12-17)19-13-25-10-4-9-22-21(25)24-19/h2-13H,14H2,1H3,(H,23,26). The molecule has 1 N–H and O–H groups in total. The third-order valence-electron chi connectivity index (χ3n) is 4.04. The molecule has 4 aromatic rings. The van der Waals surface area contributed by atoms with E-state index in [1.807, 2.05) is 78.3 Å². The molecule has 2 aromatic heterocycles. The van der Waals surface area contributed by atoms with Crippen molar-refractivity contribution in [2.45, 2.75) is 6.92 Å². The summed E-state index contributed by atoms with van der Waals surface area (Å²) in [7, 11) is 0. The Morgan fingerprint density at radius 2 is 2.04 bits per heavy atom. The van der Waals surface area contributed by atoms with E-state index >= 15 is 0 Å². The summed E-state index contributed by atoms with van der Waals surface area (Å²) in [6.45, 7) is 1.93. The lowest BCUT2D eigenvalue weighted by Gasteiger charge is -2.09. The summed E-state index contributed by atoms with van der Waals surface area (Å²) in [6.07, 6.45) is 5.51. The highest BCUT2D eigenvalue weighted by Crippen LogP contribution is 2.22. The van der Waals surface area contributed by atoms with E-state index < -0.39 is 0 Å². The van der Waals surface area contributed by atoms with Gasteiger partial charge in [-0.3, -0.25) is 9.20 Å². The maximum atomic E-state index is 12.2. The molecule has 0 fully saturated rings. The van der Waals surface area contributed by atoms with Gasteiger partial charge in [0.2, 0.25) is 5.78 Å². The van der Waals surface area contributed by atoms with Crippen LogP contribution in [0.2, 0.25) is 0 Å². The molecular formula is C21H18N4O2. The zero-order valence-electron chi connectivity index (χ0n) is 14.8. The van der Waals surface area contributed by atoms with Crippen LogP contribution in [-0.2, 0) is 4.79 Å². The highest BCUT2D eigenvalue weighted by molar-refractivity contribution is 5.92. The predicted octanol–water partition coefficient (Wildman–Crippen LogP) is 3.72. The average molecular weight is 358 g/mol. The molecule has 0 bridgehead atoms. The van der Waals surface area contributed by atoms with Crippen LogP contribution in [0.15, 0.2) is 73.2 Å². The van der Waals surface area contributed by atoms with Gasteiger partial charge in [-0.25, -0.2) is 9.97 Å². The van der Waals surface area contributed by atoms with Gasteiger partial charge in [-0.15, -0.1) is 0 Å². The van der Waals surface area contributed by atoms with Crippen LogP contribution in [0.3, 0.4) is 0 Å². The Morgan fingerprint density at radius 1 is 1.15 bits per heavy atom. The van der Waals surface area contributed by atoms with E-state index in [2.05, 4.69) is 15.3 Å². The number of hydrogen-bond acceptors (Lipinski definition) is 4. The number of aromatic nitrogens is 3. The number of nitrogens with one attached hydrogen (secondary N) is 1. The zero-order chi connectivity index (χ0) is 18.6. The molecule has 0 spiro atoms. The smallest absolute Gasteiger partial charge is 0.262 e. The lowest BCUT2D eigenvalue weighted by Crippen LogP contribution is -2.20. The highest BCUT2D eigenvalue weighted by Gasteiger charge is 2.08. The summed E-state index contributed by atoms with van der Waals surface area (Å²) in [4.78, 5) is 20.9. The van der Waals surface area contributed by atoms with Crippen LogP contribution in [0.5, 0.6) is 5.75 Å². The molecule has 134 valence electrons. The fraction of sp³-hybridized carbons (Fsp3) is 0.0952. The Kier molecular flexibility index (Phi) is 4.53. The predicted molar refractivity (Wildman–Crippen MR) is 104 cm³/mol. The molecule has 6 heteroatoms. The molecule has 0 saturated heterocycles. The quantitative estimate of drug-likeness (QED) is 0.590. The minimum absolute atomic E-state index is 0.0496. The van der Waals surface area contributed by atoms with Crippen LogP contribution >= 0.6 is 0 Å². The molecule has 0 radical (unpaired) electrons. The van der Waals surface area contributed by atoms with Crippen molar-refractivity contribution in [3.8, 4) is 17.0 Å². The molecule has 0 aliphatic carbocycles. The Bertz CT molecular complexity index is 1070. The number of ether oxygens (including phenoxy) is 1. The van der Waals surface area contributed by atoms with Crippen molar-refractivity contribution in [1.29, 1.82) is 0 Å². The second-order valence-electron chi connectivity index (χ2n) is 6.19. The summed E-state index contributed by atoms with van der Waals surface area (Å²) < 4.78 is 7.40. The first kappa shape index (κ1) is 16.8. The Labute approximate surface area is 156 Å². The van der Waals surface area contributed by atoms with Crippen molar-refractivity contribution in [2.24, 2.45) is 0 Å². The van der Waals surface area contributed by atoms with Gasteiger partial charge in [-0.05, 0) is 42.8 Å². The molecule has 4 rings (SSSR count). The van der Waals surface area contributed by atoms with Gasteiger partial charge in [0.05, 0.1) is 5.69 Å². The van der Waals surface area contributed by atoms with Crippen molar-refractivity contribution < 1.29 is 9.53 Å². The zero-order valence-corrected chi connectivity index (χ0v) is 14.8. The van der Waals surface area contributed by atoms with E-state index in [-0.39, 0.29) is 12.5 Å². The topological polar surface area (TPSA) is 68.5 Å². The van der Waals surface area contributed by atoms with Crippen LogP contribution in [0, 0.1) is 6.92 Å². The number of nitrogens with zero attached hydrogens (tertiary/aromatic N) is 3. The number of hydrogen-bond donors (Lipinski definition) is 1. The summed E-state index contributed by atoms with van der Waals surface area (Å²) in [5, 5.41) is 2.86. The largest absolute Gasteiger partial charge is 0.484 e. The molecular weight excluding hydrogens is 340 g/mol. The molecule has 1 amide bonds. The number of benzene rings is 2. The van der Waals surface area contributed by atoms with Gasteiger partial charge in [-0.1, -0.05) is 24.3 Å². The first-order valence-corrected chi connectivity index (χ1v) is 8.57. The van der Waals surface area contributed by atoms with E-state index in [1.54, 1.807) is 6.20 Å². The van der Waals surface area contributed by atoms with Gasteiger partial charge in [0.1, 0.15) is 5.75 Å². The maximum Gasteiger partial charge on any atom is 0.262 e. The fourth-order valence-corrected chi connectivity index (χ4v) is 2.78. The average Bonchev–Trinajstić information content (AvgIpc) is 3.11. The minimum atomic E-state index is -0.217. The minimum Gasteiger partial charge on any atom is -0.484 e. The van der Waals surface area contributed by atoms with E-state index in [0.717, 1.165) is 16.8 Å². The second kappa shape index (κ2) is 7.29. The second-order valence-corrected chi connectivity index (χ2v) is 6.19. The molecule has 0 aliphatic heterocycles. The van der Waals surface area contributed by atoms with E-state index in [9.17, 15) is 4.79 Å². The van der Waals surface area contributed by atoms with Gasteiger partial charge >= 0.3 is 0 Å². The number of fused-ring (bicyclic) bond motifs is 1. The fourth-order valence-electron chi connectivity index (χ4n) is 2.78. The van der Waals surface area contributed by atoms with Crippen molar-refractivity contribution in [3.05, 3.63) is 78.8 Å². The van der Waals surface area contributed by atoms with Crippen LogP contribution in [0.25, 0.3) is 17.0 Å². The monoisotopic (exact) mass is 358 g/mol. The highest BCUT2D eigenvalue weighted by atomic mass is 16.5. The third kappa shape index (κ3) is 3.95. The van der Waals surface area contributed by atoms with Crippen molar-refractivity contribution in [2.75, 3.05) is 11.9 Å². The van der Waals surface area contributed by atoms with Crippen LogP contribution in [0.4, 0.5) is 5.69 Å². The summed E-state index contributed by atoms with van der Waals surface area (Å²) in [5.74, 6) is 1.09. The number of carbonyl (C=O) groups excluding carboxylic acids is 1. The molecule has 0 unspecified atom stereocenters. The molecule has 27 heavy (non-hydrogen) atoms. The van der Waals surface area contributed by atoms with Gasteiger partial charge in [0.15, 0.2) is 6.61 Å². The summed E-state index contributed by atoms with van der Waals surface area (Å²) in [6, 6.07) is 17.0. The normalized spacial score (nSPS) is 10.7. The first-order valence-electron chi connectivity index (χ1n) is 8.57. The number of rotatable bonds is 5. The van der Waals surface area contributed by atoms with Gasteiger partial charge in [0, 0.05) is 29.8 Å².